The van der Waals surface area contributed by atoms with E-state index in [0.717, 1.165) is 23.3 Å². The number of pyridine rings is 1. The molecule has 1 saturated carbocycles. The number of nitrogens with two attached hydrogens (primary N) is 1. The number of rotatable bonds is 2. The number of fused-ring (bicyclic) bond motifs is 1. The Kier molecular flexibility index (Phi) is 3.06. The highest BCUT2D eigenvalue weighted by atomic mass is 79.9. The van der Waals surface area contributed by atoms with Crippen LogP contribution < -0.4 is 11.1 Å². The summed E-state index contributed by atoms with van der Waals surface area (Å²) in [4.78, 5) is 4.30. The zero-order chi connectivity index (χ0) is 11.8. The lowest BCUT2D eigenvalue weighted by Gasteiger charge is -2.52. The minimum atomic E-state index is 0.186. The van der Waals surface area contributed by atoms with Crippen molar-refractivity contribution in [3.05, 3.63) is 22.8 Å². The first-order chi connectivity index (χ1) is 8.25. The standard InChI is InChI=1S/C12H16BrN3O/c13-7-3-4-9(15-6-7)16-11-10(14)8-2-1-5-17-12(8)11/h3-4,6,8,10-12H,1-2,5,14H2,(H,15,16). The first kappa shape index (κ1) is 11.4. The van der Waals surface area contributed by atoms with E-state index in [1.165, 1.54) is 6.42 Å². The number of hydrogen-bond donors (Lipinski definition) is 2. The highest BCUT2D eigenvalue weighted by Crippen LogP contribution is 2.38. The van der Waals surface area contributed by atoms with Gasteiger partial charge in [-0.3, -0.25) is 0 Å². The molecule has 0 amide bonds. The monoisotopic (exact) mass is 297 g/mol. The summed E-state index contributed by atoms with van der Waals surface area (Å²) in [5.41, 5.74) is 6.18. The molecule has 0 spiro atoms. The van der Waals surface area contributed by atoms with Gasteiger partial charge in [0.2, 0.25) is 0 Å². The van der Waals surface area contributed by atoms with Crippen LogP contribution in [0.15, 0.2) is 22.8 Å². The summed E-state index contributed by atoms with van der Waals surface area (Å²) in [6.45, 7) is 0.861. The van der Waals surface area contributed by atoms with Crippen molar-refractivity contribution in [2.75, 3.05) is 11.9 Å². The van der Waals surface area contributed by atoms with Crippen LogP contribution in [0.3, 0.4) is 0 Å². The molecular weight excluding hydrogens is 282 g/mol. The van der Waals surface area contributed by atoms with E-state index in [0.29, 0.717) is 5.92 Å². The summed E-state index contributed by atoms with van der Waals surface area (Å²) < 4.78 is 6.76. The van der Waals surface area contributed by atoms with Crippen molar-refractivity contribution in [2.45, 2.75) is 31.0 Å². The number of anilines is 1. The third kappa shape index (κ3) is 2.07. The Bertz CT molecular complexity index is 397. The van der Waals surface area contributed by atoms with Gasteiger partial charge in [0.15, 0.2) is 0 Å². The van der Waals surface area contributed by atoms with E-state index >= 15 is 0 Å². The third-order valence-corrected chi connectivity index (χ3v) is 4.19. The normalized spacial score (nSPS) is 35.9. The van der Waals surface area contributed by atoms with Gasteiger partial charge in [0.1, 0.15) is 5.82 Å². The van der Waals surface area contributed by atoms with E-state index in [1.54, 1.807) is 6.20 Å². The number of hydrogen-bond acceptors (Lipinski definition) is 4. The Labute approximate surface area is 109 Å². The topological polar surface area (TPSA) is 60.2 Å². The summed E-state index contributed by atoms with van der Waals surface area (Å²) >= 11 is 3.37. The van der Waals surface area contributed by atoms with Crippen molar-refractivity contribution in [1.29, 1.82) is 0 Å². The molecule has 3 rings (SSSR count). The quantitative estimate of drug-likeness (QED) is 0.873. The van der Waals surface area contributed by atoms with Crippen LogP contribution in [0.5, 0.6) is 0 Å². The van der Waals surface area contributed by atoms with E-state index in [2.05, 4.69) is 26.2 Å². The molecule has 0 bridgehead atoms. The van der Waals surface area contributed by atoms with Gasteiger partial charge in [-0.15, -0.1) is 0 Å². The molecular formula is C12H16BrN3O. The third-order valence-electron chi connectivity index (χ3n) is 3.72. The van der Waals surface area contributed by atoms with Crippen LogP contribution in [0.25, 0.3) is 0 Å². The first-order valence-electron chi connectivity index (χ1n) is 6.01. The van der Waals surface area contributed by atoms with Crippen LogP contribution >= 0.6 is 15.9 Å². The molecule has 0 aromatic carbocycles. The number of aromatic nitrogens is 1. The average molecular weight is 298 g/mol. The maximum Gasteiger partial charge on any atom is 0.126 e. The lowest BCUT2D eigenvalue weighted by Crippen LogP contribution is -2.69. The number of ether oxygens (including phenoxy) is 1. The first-order valence-corrected chi connectivity index (χ1v) is 6.80. The fraction of sp³-hybridized carbons (Fsp3) is 0.583. The molecule has 1 aliphatic carbocycles. The smallest absolute Gasteiger partial charge is 0.126 e. The predicted octanol–water partition coefficient (Wildman–Crippen LogP) is 1.76. The van der Waals surface area contributed by atoms with Crippen molar-refractivity contribution < 1.29 is 4.74 Å². The summed E-state index contributed by atoms with van der Waals surface area (Å²) in [6.07, 6.45) is 4.38. The zero-order valence-corrected chi connectivity index (χ0v) is 11.1. The number of nitrogens with one attached hydrogen (secondary N) is 1. The van der Waals surface area contributed by atoms with Crippen molar-refractivity contribution in [1.82, 2.24) is 4.98 Å². The highest BCUT2D eigenvalue weighted by Gasteiger charge is 2.50. The van der Waals surface area contributed by atoms with Crippen LogP contribution in [-0.2, 0) is 4.74 Å². The van der Waals surface area contributed by atoms with Crippen LogP contribution in [0.2, 0.25) is 0 Å². The molecule has 0 radical (unpaired) electrons. The zero-order valence-electron chi connectivity index (χ0n) is 9.47. The van der Waals surface area contributed by atoms with Crippen molar-refractivity contribution in [3.8, 4) is 0 Å². The molecule has 3 N–H and O–H groups in total. The fourth-order valence-electron chi connectivity index (χ4n) is 2.76. The molecule has 1 aromatic heterocycles. The molecule has 1 aliphatic heterocycles. The number of halogens is 1. The van der Waals surface area contributed by atoms with E-state index in [4.69, 9.17) is 10.5 Å². The van der Waals surface area contributed by atoms with Gasteiger partial charge in [0.25, 0.3) is 0 Å². The van der Waals surface area contributed by atoms with E-state index in [1.807, 2.05) is 12.1 Å². The molecule has 17 heavy (non-hydrogen) atoms. The predicted molar refractivity (Wildman–Crippen MR) is 69.8 cm³/mol. The Balaban J connectivity index is 1.67. The van der Waals surface area contributed by atoms with Gasteiger partial charge in [0.05, 0.1) is 12.1 Å². The van der Waals surface area contributed by atoms with E-state index in [-0.39, 0.29) is 18.2 Å². The summed E-state index contributed by atoms with van der Waals surface area (Å²) in [5.74, 6) is 1.39. The molecule has 2 aliphatic rings. The van der Waals surface area contributed by atoms with Gasteiger partial charge in [0, 0.05) is 29.2 Å². The average Bonchev–Trinajstić information content (AvgIpc) is 2.37. The molecule has 2 fully saturated rings. The van der Waals surface area contributed by atoms with Crippen LogP contribution in [0.4, 0.5) is 5.82 Å². The van der Waals surface area contributed by atoms with Gasteiger partial charge >= 0.3 is 0 Å². The van der Waals surface area contributed by atoms with E-state index < -0.39 is 0 Å². The van der Waals surface area contributed by atoms with Crippen molar-refractivity contribution >= 4 is 21.7 Å². The van der Waals surface area contributed by atoms with Gasteiger partial charge in [-0.2, -0.15) is 0 Å². The Morgan fingerprint density at radius 2 is 2.35 bits per heavy atom. The molecule has 4 nitrogen and oxygen atoms in total. The van der Waals surface area contributed by atoms with Crippen LogP contribution in [0.1, 0.15) is 12.8 Å². The second-order valence-corrected chi connectivity index (χ2v) is 5.67. The molecule has 1 aromatic rings. The van der Waals surface area contributed by atoms with E-state index in [9.17, 15) is 0 Å². The Morgan fingerprint density at radius 1 is 1.47 bits per heavy atom. The van der Waals surface area contributed by atoms with Crippen molar-refractivity contribution in [3.63, 3.8) is 0 Å². The van der Waals surface area contributed by atoms with Crippen molar-refractivity contribution in [2.24, 2.45) is 11.7 Å². The van der Waals surface area contributed by atoms with Crippen LogP contribution in [0, 0.1) is 5.92 Å². The molecule has 92 valence electrons. The number of nitrogens with zero attached hydrogens (tertiary/aromatic N) is 1. The summed E-state index contributed by atoms with van der Waals surface area (Å²) in [7, 11) is 0. The lowest BCUT2D eigenvalue weighted by molar-refractivity contribution is -0.104. The molecule has 1 saturated heterocycles. The molecule has 2 heterocycles. The van der Waals surface area contributed by atoms with Gasteiger partial charge in [-0.1, -0.05) is 0 Å². The minimum Gasteiger partial charge on any atom is -0.376 e. The largest absolute Gasteiger partial charge is 0.376 e. The second-order valence-electron chi connectivity index (χ2n) is 4.75. The maximum atomic E-state index is 6.18. The minimum absolute atomic E-state index is 0.186. The fourth-order valence-corrected chi connectivity index (χ4v) is 2.99. The van der Waals surface area contributed by atoms with Gasteiger partial charge in [-0.25, -0.2) is 4.98 Å². The lowest BCUT2D eigenvalue weighted by atomic mass is 9.68. The highest BCUT2D eigenvalue weighted by molar-refractivity contribution is 9.10. The van der Waals surface area contributed by atoms with Gasteiger partial charge < -0.3 is 15.8 Å². The molecule has 4 atom stereocenters. The van der Waals surface area contributed by atoms with Crippen LogP contribution in [-0.4, -0.2) is 29.8 Å². The summed E-state index contributed by atoms with van der Waals surface area (Å²) in [6, 6.07) is 4.31. The van der Waals surface area contributed by atoms with Gasteiger partial charge in [-0.05, 0) is 40.9 Å². The Morgan fingerprint density at radius 3 is 3.12 bits per heavy atom. The molecule has 4 unspecified atom stereocenters. The second kappa shape index (κ2) is 4.55. The maximum absolute atomic E-state index is 6.18. The summed E-state index contributed by atoms with van der Waals surface area (Å²) in [5, 5.41) is 3.37. The SMILES string of the molecule is NC1C2CCCOC2C1Nc1ccc(Br)cn1. The Hall–Kier alpha value is -0.650. The molecule has 5 heteroatoms.